The molecule has 8 N–H and O–H groups in total. The molecule has 2 aliphatic heterocycles. The van der Waals surface area contributed by atoms with Crippen molar-refractivity contribution >= 4 is 5.97 Å². The molecule has 0 aromatic carbocycles. The van der Waals surface area contributed by atoms with E-state index in [0.29, 0.717) is 0 Å². The average molecular weight is 356 g/mol. The van der Waals surface area contributed by atoms with E-state index in [0.717, 1.165) is 0 Å². The fraction of sp³-hybridized carbons (Fsp3) is 0.917. The Morgan fingerprint density at radius 2 is 1.50 bits per heavy atom. The van der Waals surface area contributed by atoms with E-state index >= 15 is 0 Å². The van der Waals surface area contributed by atoms with Crippen LogP contribution in [0.1, 0.15) is 0 Å². The maximum atomic E-state index is 11.5. The normalized spacial score (nSPS) is 49.3. The van der Waals surface area contributed by atoms with Crippen LogP contribution in [-0.2, 0) is 19.0 Å². The molecular weight excluding hydrogens is 336 g/mol. The first-order valence-electron chi connectivity index (χ1n) is 7.06. The molecular formula is C12H20O12. The minimum absolute atomic E-state index is 0.782. The molecule has 5 unspecified atom stereocenters. The zero-order valence-electron chi connectivity index (χ0n) is 12.2. The summed E-state index contributed by atoms with van der Waals surface area (Å²) in [5, 5.41) is 76.3. The first-order valence-corrected chi connectivity index (χ1v) is 7.06. The fourth-order valence-corrected chi connectivity index (χ4v) is 2.60. The number of carbonyl (C=O) groups is 1. The van der Waals surface area contributed by atoms with Gasteiger partial charge in [-0.25, -0.2) is 4.79 Å². The van der Waals surface area contributed by atoms with Gasteiger partial charge in [-0.1, -0.05) is 0 Å². The molecule has 0 aromatic rings. The van der Waals surface area contributed by atoms with Gasteiger partial charge in [-0.3, -0.25) is 0 Å². The first-order chi connectivity index (χ1) is 11.2. The van der Waals surface area contributed by atoms with Crippen LogP contribution in [0.25, 0.3) is 0 Å². The van der Waals surface area contributed by atoms with Crippen LogP contribution in [0, 0.1) is 0 Å². The lowest BCUT2D eigenvalue weighted by Gasteiger charge is -2.42. The van der Waals surface area contributed by atoms with Crippen molar-refractivity contribution in [3.63, 3.8) is 0 Å². The maximum absolute atomic E-state index is 11.5. The van der Waals surface area contributed by atoms with Crippen LogP contribution >= 0.6 is 0 Å². The summed E-state index contributed by atoms with van der Waals surface area (Å²) in [5.41, 5.74) is 0. The Morgan fingerprint density at radius 1 is 0.917 bits per heavy atom. The molecule has 0 aromatic heterocycles. The smallest absolute Gasteiger partial charge is 0.367 e. The third-order valence-corrected chi connectivity index (χ3v) is 4.04. The van der Waals surface area contributed by atoms with E-state index < -0.39 is 74.0 Å². The molecule has 0 spiro atoms. The molecule has 2 fully saturated rings. The van der Waals surface area contributed by atoms with Crippen LogP contribution < -0.4 is 0 Å². The molecule has 24 heavy (non-hydrogen) atoms. The molecule has 9 atom stereocenters. The summed E-state index contributed by atoms with van der Waals surface area (Å²) in [6, 6.07) is 0. The Balaban J connectivity index is 2.26. The Labute approximate surface area is 135 Å². The van der Waals surface area contributed by atoms with Gasteiger partial charge in [0.1, 0.15) is 42.7 Å². The summed E-state index contributed by atoms with van der Waals surface area (Å²) in [7, 11) is 0. The van der Waals surface area contributed by atoms with Gasteiger partial charge in [-0.05, 0) is 0 Å². The standard InChI is InChI=1S/C12H20O12/c13-1-3-5(15)7(17)8(18)10(22-3)24-12(11(20)21)9(19)6(16)4(2-14)23-12/h3-10,13-19H,1-2H2,(H,20,21)/t3?,4-,5-,6?,7?,8?,9?,10-,12-/m1/s1. The number of aliphatic hydroxyl groups excluding tert-OH is 7. The van der Waals surface area contributed by atoms with Gasteiger partial charge in [0, 0.05) is 0 Å². The second kappa shape index (κ2) is 7.13. The van der Waals surface area contributed by atoms with Crippen molar-refractivity contribution in [1.82, 2.24) is 0 Å². The molecule has 0 saturated carbocycles. The number of rotatable bonds is 5. The van der Waals surface area contributed by atoms with E-state index in [9.17, 15) is 35.4 Å². The molecule has 0 radical (unpaired) electrons. The number of carboxylic acid groups (broad SMARTS) is 1. The summed E-state index contributed by atoms with van der Waals surface area (Å²) >= 11 is 0. The molecule has 0 bridgehead atoms. The lowest BCUT2D eigenvalue weighted by molar-refractivity contribution is -0.369. The maximum Gasteiger partial charge on any atom is 0.367 e. The minimum Gasteiger partial charge on any atom is -0.477 e. The SMILES string of the molecule is O=C(O)[C@@]1(O[C@H]2OC(CO)[C@@H](O)C(O)C2O)O[C@H](CO)C(O)C1O. The van der Waals surface area contributed by atoms with Gasteiger partial charge in [-0.15, -0.1) is 0 Å². The minimum atomic E-state index is -2.90. The summed E-state index contributed by atoms with van der Waals surface area (Å²) in [4.78, 5) is 11.5. The van der Waals surface area contributed by atoms with E-state index in [1.165, 1.54) is 0 Å². The molecule has 12 nitrogen and oxygen atoms in total. The molecule has 2 heterocycles. The fourth-order valence-electron chi connectivity index (χ4n) is 2.60. The van der Waals surface area contributed by atoms with E-state index in [1.54, 1.807) is 0 Å². The van der Waals surface area contributed by atoms with E-state index in [-0.39, 0.29) is 0 Å². The number of aliphatic carboxylic acids is 1. The summed E-state index contributed by atoms with van der Waals surface area (Å²) in [5.74, 6) is -4.79. The number of carboxylic acids is 1. The van der Waals surface area contributed by atoms with Gasteiger partial charge < -0.3 is 55.1 Å². The third-order valence-electron chi connectivity index (χ3n) is 4.04. The molecule has 2 saturated heterocycles. The van der Waals surface area contributed by atoms with E-state index in [4.69, 9.17) is 24.4 Å². The van der Waals surface area contributed by atoms with Gasteiger partial charge in [-0.2, -0.15) is 0 Å². The van der Waals surface area contributed by atoms with Crippen molar-refractivity contribution in [1.29, 1.82) is 0 Å². The highest BCUT2D eigenvalue weighted by molar-refractivity contribution is 5.77. The summed E-state index contributed by atoms with van der Waals surface area (Å²) in [6.45, 7) is -1.61. The lowest BCUT2D eigenvalue weighted by Crippen LogP contribution is -2.63. The van der Waals surface area contributed by atoms with Crippen LogP contribution in [0.4, 0.5) is 0 Å². The monoisotopic (exact) mass is 356 g/mol. The zero-order valence-corrected chi connectivity index (χ0v) is 12.2. The van der Waals surface area contributed by atoms with Gasteiger partial charge in [0.15, 0.2) is 6.29 Å². The van der Waals surface area contributed by atoms with Gasteiger partial charge in [0.05, 0.1) is 13.2 Å². The lowest BCUT2D eigenvalue weighted by atomic mass is 9.99. The van der Waals surface area contributed by atoms with Gasteiger partial charge in [0.2, 0.25) is 0 Å². The van der Waals surface area contributed by atoms with E-state index in [1.807, 2.05) is 0 Å². The molecule has 0 amide bonds. The molecule has 0 aliphatic carbocycles. The second-order valence-electron chi connectivity index (χ2n) is 5.56. The summed E-state index contributed by atoms with van der Waals surface area (Å²) in [6.07, 6.45) is -14.2. The number of aliphatic hydroxyl groups is 7. The molecule has 2 aliphatic rings. The molecule has 12 heteroatoms. The average Bonchev–Trinajstić information content (AvgIpc) is 2.81. The predicted octanol–water partition coefficient (Wildman–Crippen LogP) is -5.30. The van der Waals surface area contributed by atoms with Crippen molar-refractivity contribution in [3.8, 4) is 0 Å². The third kappa shape index (κ3) is 3.01. The quantitative estimate of drug-likeness (QED) is 0.232. The van der Waals surface area contributed by atoms with Crippen LogP contribution in [0.2, 0.25) is 0 Å². The van der Waals surface area contributed by atoms with E-state index in [2.05, 4.69) is 0 Å². The number of ether oxygens (including phenoxy) is 3. The highest BCUT2D eigenvalue weighted by atomic mass is 16.8. The number of hydrogen-bond acceptors (Lipinski definition) is 11. The highest BCUT2D eigenvalue weighted by Gasteiger charge is 2.63. The highest BCUT2D eigenvalue weighted by Crippen LogP contribution is 2.36. The Hall–Kier alpha value is -0.930. The Bertz CT molecular complexity index is 457. The predicted molar refractivity (Wildman–Crippen MR) is 69.2 cm³/mol. The summed E-state index contributed by atoms with van der Waals surface area (Å²) < 4.78 is 14.9. The molecule has 140 valence electrons. The Kier molecular flexibility index (Phi) is 5.76. The van der Waals surface area contributed by atoms with Crippen molar-refractivity contribution in [2.24, 2.45) is 0 Å². The van der Waals surface area contributed by atoms with Crippen LogP contribution in [-0.4, -0.2) is 115 Å². The topological polar surface area (TPSA) is 207 Å². The van der Waals surface area contributed by atoms with Crippen molar-refractivity contribution < 1.29 is 59.9 Å². The van der Waals surface area contributed by atoms with Gasteiger partial charge in [0.25, 0.3) is 0 Å². The van der Waals surface area contributed by atoms with Crippen molar-refractivity contribution in [2.75, 3.05) is 13.2 Å². The van der Waals surface area contributed by atoms with Crippen molar-refractivity contribution in [3.05, 3.63) is 0 Å². The van der Waals surface area contributed by atoms with Crippen LogP contribution in [0.3, 0.4) is 0 Å². The second-order valence-corrected chi connectivity index (χ2v) is 5.56. The van der Waals surface area contributed by atoms with Crippen molar-refractivity contribution in [2.45, 2.75) is 54.8 Å². The Morgan fingerprint density at radius 3 is 1.96 bits per heavy atom. The van der Waals surface area contributed by atoms with Crippen LogP contribution in [0.5, 0.6) is 0 Å². The zero-order chi connectivity index (χ0) is 18.2. The first kappa shape index (κ1) is 19.4. The van der Waals surface area contributed by atoms with Gasteiger partial charge >= 0.3 is 11.8 Å². The van der Waals surface area contributed by atoms with Crippen LogP contribution in [0.15, 0.2) is 0 Å². The number of hydrogen-bond donors (Lipinski definition) is 8. The molecule has 2 rings (SSSR count). The largest absolute Gasteiger partial charge is 0.477 e.